The number of ether oxygens (including phenoxy) is 2. The molecule has 0 aromatic carbocycles. The van der Waals surface area contributed by atoms with Crippen molar-refractivity contribution in [3.8, 4) is 5.88 Å². The molecule has 2 aliphatic rings. The van der Waals surface area contributed by atoms with Gasteiger partial charge in [-0.25, -0.2) is 13.4 Å². The summed E-state index contributed by atoms with van der Waals surface area (Å²) in [4.78, 5) is 18.6. The average molecular weight is 568 g/mol. The van der Waals surface area contributed by atoms with E-state index >= 15 is 0 Å². The fraction of sp³-hybridized carbons (Fsp3) is 0.500. The number of aromatic nitrogens is 4. The molecule has 3 aromatic heterocycles. The zero-order chi connectivity index (χ0) is 27.6. The number of halogens is 3. The SMILES string of the molecule is CS(=O)(=O)Nc1cnc2cc(N3CCOCC3)nc(OC3CCC(Nc4cncc(C(F)(F)F)n4)CC3)c2c1. The normalized spacial score (nSPS) is 20.6. The second kappa shape index (κ2) is 11.0. The molecule has 210 valence electrons. The summed E-state index contributed by atoms with van der Waals surface area (Å²) >= 11 is 0. The lowest BCUT2D eigenvalue weighted by atomic mass is 9.93. The maximum Gasteiger partial charge on any atom is 0.434 e. The van der Waals surface area contributed by atoms with Gasteiger partial charge in [0.25, 0.3) is 0 Å². The van der Waals surface area contributed by atoms with Gasteiger partial charge in [-0.3, -0.25) is 14.7 Å². The van der Waals surface area contributed by atoms with Gasteiger partial charge in [-0.05, 0) is 31.7 Å². The van der Waals surface area contributed by atoms with Gasteiger partial charge >= 0.3 is 6.18 Å². The van der Waals surface area contributed by atoms with Gasteiger partial charge in [0.05, 0.1) is 54.7 Å². The lowest BCUT2D eigenvalue weighted by Gasteiger charge is -2.31. The molecule has 15 heteroatoms. The van der Waals surface area contributed by atoms with Crippen molar-refractivity contribution in [1.82, 2.24) is 19.9 Å². The fourth-order valence-corrected chi connectivity index (χ4v) is 5.20. The van der Waals surface area contributed by atoms with E-state index in [1.807, 2.05) is 6.07 Å². The van der Waals surface area contributed by atoms with E-state index < -0.39 is 21.9 Å². The Morgan fingerprint density at radius 2 is 1.79 bits per heavy atom. The summed E-state index contributed by atoms with van der Waals surface area (Å²) in [6.45, 7) is 2.49. The number of anilines is 3. The van der Waals surface area contributed by atoms with Crippen LogP contribution >= 0.6 is 0 Å². The van der Waals surface area contributed by atoms with Gasteiger partial charge in [0, 0.05) is 25.2 Å². The number of morpholine rings is 1. The lowest BCUT2D eigenvalue weighted by molar-refractivity contribution is -0.141. The molecule has 0 bridgehead atoms. The zero-order valence-corrected chi connectivity index (χ0v) is 21.9. The molecule has 0 unspecified atom stereocenters. The molecule has 3 aromatic rings. The predicted molar refractivity (Wildman–Crippen MR) is 138 cm³/mol. The molecule has 0 spiro atoms. The molecule has 5 rings (SSSR count). The Bertz CT molecular complexity index is 1430. The highest BCUT2D eigenvalue weighted by Gasteiger charge is 2.33. The molecule has 1 saturated heterocycles. The molecule has 11 nitrogen and oxygen atoms in total. The quantitative estimate of drug-likeness (QED) is 0.438. The highest BCUT2D eigenvalue weighted by atomic mass is 32.2. The number of hydrogen-bond donors (Lipinski definition) is 2. The van der Waals surface area contributed by atoms with Crippen LogP contribution in [0.1, 0.15) is 31.4 Å². The number of nitrogens with one attached hydrogen (secondary N) is 2. The van der Waals surface area contributed by atoms with Crippen molar-refractivity contribution >= 4 is 38.2 Å². The van der Waals surface area contributed by atoms with Gasteiger partial charge in [-0.1, -0.05) is 0 Å². The molecule has 0 amide bonds. The van der Waals surface area contributed by atoms with E-state index in [0.29, 0.717) is 86.5 Å². The number of sulfonamides is 1. The summed E-state index contributed by atoms with van der Waals surface area (Å²) in [5.74, 6) is 1.12. The number of fused-ring (bicyclic) bond motifs is 1. The van der Waals surface area contributed by atoms with E-state index in [1.165, 1.54) is 12.4 Å². The van der Waals surface area contributed by atoms with Crippen LogP contribution in [0.3, 0.4) is 0 Å². The zero-order valence-electron chi connectivity index (χ0n) is 21.1. The molecule has 39 heavy (non-hydrogen) atoms. The van der Waals surface area contributed by atoms with Gasteiger partial charge in [0.15, 0.2) is 5.69 Å². The van der Waals surface area contributed by atoms with Crippen molar-refractivity contribution < 1.29 is 31.1 Å². The van der Waals surface area contributed by atoms with Crippen LogP contribution in [0, 0.1) is 0 Å². The minimum atomic E-state index is -4.56. The molecular weight excluding hydrogens is 539 g/mol. The monoisotopic (exact) mass is 567 g/mol. The minimum absolute atomic E-state index is 0.0806. The van der Waals surface area contributed by atoms with Gasteiger partial charge in [0.1, 0.15) is 17.7 Å². The van der Waals surface area contributed by atoms with Gasteiger partial charge in [-0.15, -0.1) is 0 Å². The largest absolute Gasteiger partial charge is 0.474 e. The maximum atomic E-state index is 13.0. The highest BCUT2D eigenvalue weighted by Crippen LogP contribution is 2.33. The first kappa shape index (κ1) is 27.1. The average Bonchev–Trinajstić information content (AvgIpc) is 2.89. The number of alkyl halides is 3. The van der Waals surface area contributed by atoms with E-state index in [4.69, 9.17) is 14.5 Å². The molecule has 2 fully saturated rings. The molecule has 0 atom stereocenters. The summed E-state index contributed by atoms with van der Waals surface area (Å²) < 4.78 is 76.7. The predicted octanol–water partition coefficient (Wildman–Crippen LogP) is 3.45. The summed E-state index contributed by atoms with van der Waals surface area (Å²) in [5.41, 5.74) is -0.133. The van der Waals surface area contributed by atoms with Crippen LogP contribution in [0.4, 0.5) is 30.5 Å². The van der Waals surface area contributed by atoms with Crippen molar-refractivity contribution in [2.75, 3.05) is 47.5 Å². The van der Waals surface area contributed by atoms with Crippen LogP contribution in [-0.4, -0.2) is 73.1 Å². The first-order chi connectivity index (χ1) is 18.5. The van der Waals surface area contributed by atoms with Crippen LogP contribution < -0.4 is 19.7 Å². The van der Waals surface area contributed by atoms with E-state index in [1.54, 1.807) is 6.07 Å². The van der Waals surface area contributed by atoms with Crippen LogP contribution in [0.25, 0.3) is 10.9 Å². The fourth-order valence-electron chi connectivity index (χ4n) is 4.66. The first-order valence-corrected chi connectivity index (χ1v) is 14.4. The van der Waals surface area contributed by atoms with E-state index in [-0.39, 0.29) is 18.0 Å². The second-order valence-corrected chi connectivity index (χ2v) is 11.3. The summed E-state index contributed by atoms with van der Waals surface area (Å²) in [6.07, 6.45) is 2.27. The molecule has 2 N–H and O–H groups in total. The van der Waals surface area contributed by atoms with Crippen molar-refractivity contribution in [3.63, 3.8) is 0 Å². The Balaban J connectivity index is 1.32. The second-order valence-electron chi connectivity index (χ2n) is 9.57. The molecular formula is C24H28F3N7O4S. The number of pyridine rings is 2. The van der Waals surface area contributed by atoms with Crippen LogP contribution in [-0.2, 0) is 20.9 Å². The third-order valence-corrected chi connectivity index (χ3v) is 7.11. The minimum Gasteiger partial charge on any atom is -0.474 e. The summed E-state index contributed by atoms with van der Waals surface area (Å²) in [6, 6.07) is 3.41. The van der Waals surface area contributed by atoms with Crippen molar-refractivity contribution in [2.24, 2.45) is 0 Å². The molecule has 1 aliphatic heterocycles. The van der Waals surface area contributed by atoms with Crippen molar-refractivity contribution in [3.05, 3.63) is 36.4 Å². The maximum absolute atomic E-state index is 13.0. The van der Waals surface area contributed by atoms with Gasteiger partial charge in [0.2, 0.25) is 15.9 Å². The summed E-state index contributed by atoms with van der Waals surface area (Å²) in [7, 11) is -3.51. The van der Waals surface area contributed by atoms with Crippen LogP contribution in [0.5, 0.6) is 5.88 Å². The number of rotatable bonds is 7. The Morgan fingerprint density at radius 3 is 2.49 bits per heavy atom. The third kappa shape index (κ3) is 6.95. The Morgan fingerprint density at radius 1 is 1.05 bits per heavy atom. The Hall–Kier alpha value is -3.46. The number of nitrogens with zero attached hydrogens (tertiary/aromatic N) is 5. The van der Waals surface area contributed by atoms with Crippen LogP contribution in [0.15, 0.2) is 30.7 Å². The topological polar surface area (TPSA) is 131 Å². The Labute approximate surface area is 223 Å². The number of hydrogen-bond acceptors (Lipinski definition) is 10. The van der Waals surface area contributed by atoms with E-state index in [9.17, 15) is 21.6 Å². The van der Waals surface area contributed by atoms with Crippen molar-refractivity contribution in [2.45, 2.75) is 44.0 Å². The Kier molecular flexibility index (Phi) is 7.62. The van der Waals surface area contributed by atoms with Crippen LogP contribution in [0.2, 0.25) is 0 Å². The standard InChI is InChI=1S/C24H28F3N7O4S/c1-39(35,36)33-16-10-18-19(29-12-16)11-22(34-6-8-37-9-7-34)32-23(18)38-17-4-2-15(3-5-17)30-21-14-28-13-20(31-21)24(25,26)27/h10-15,17,33H,2-9H2,1H3,(H,30,31). The lowest BCUT2D eigenvalue weighted by Crippen LogP contribution is -2.37. The molecule has 1 saturated carbocycles. The molecule has 4 heterocycles. The van der Waals surface area contributed by atoms with Crippen molar-refractivity contribution in [1.29, 1.82) is 0 Å². The molecule has 1 aliphatic carbocycles. The van der Waals surface area contributed by atoms with E-state index in [0.717, 1.165) is 6.26 Å². The first-order valence-electron chi connectivity index (χ1n) is 12.5. The van der Waals surface area contributed by atoms with E-state index in [2.05, 4.69) is 29.9 Å². The molecule has 0 radical (unpaired) electrons. The smallest absolute Gasteiger partial charge is 0.434 e. The highest BCUT2D eigenvalue weighted by molar-refractivity contribution is 7.92. The third-order valence-electron chi connectivity index (χ3n) is 6.50. The van der Waals surface area contributed by atoms with Gasteiger partial charge in [-0.2, -0.15) is 18.2 Å². The van der Waals surface area contributed by atoms with Gasteiger partial charge < -0.3 is 19.7 Å². The summed E-state index contributed by atoms with van der Waals surface area (Å²) in [5, 5.41) is 3.62.